The summed E-state index contributed by atoms with van der Waals surface area (Å²) in [4.78, 5) is 4.79. The van der Waals surface area contributed by atoms with Gasteiger partial charge in [0.15, 0.2) is 11.6 Å². The van der Waals surface area contributed by atoms with E-state index in [2.05, 4.69) is 10.2 Å². The lowest BCUT2D eigenvalue weighted by molar-refractivity contribution is -0.0967. The van der Waals surface area contributed by atoms with Gasteiger partial charge in [-0.3, -0.25) is 9.56 Å². The number of hydrogen-bond acceptors (Lipinski definition) is 5. The van der Waals surface area contributed by atoms with Crippen molar-refractivity contribution in [3.63, 3.8) is 0 Å². The minimum atomic E-state index is 0.284. The van der Waals surface area contributed by atoms with E-state index >= 15 is 0 Å². The largest absolute Gasteiger partial charge is 0.314 e. The maximum atomic E-state index is 9.93. The Morgan fingerprint density at radius 2 is 1.96 bits per heavy atom. The molecule has 6 nitrogen and oxygen atoms in total. The summed E-state index contributed by atoms with van der Waals surface area (Å²) in [6.45, 7) is 3.07. The van der Waals surface area contributed by atoms with Gasteiger partial charge >= 0.3 is 0 Å². The molecule has 0 aliphatic carbocycles. The molecule has 0 unspecified atom stereocenters. The van der Waals surface area contributed by atoms with Gasteiger partial charge in [0.2, 0.25) is 0 Å². The van der Waals surface area contributed by atoms with Crippen LogP contribution in [0.4, 0.5) is 0 Å². The second-order valence-corrected chi connectivity index (χ2v) is 6.48. The van der Waals surface area contributed by atoms with E-state index in [4.69, 9.17) is 16.6 Å². The number of hydrogen-bond donors (Lipinski definition) is 1. The summed E-state index contributed by atoms with van der Waals surface area (Å²) in [5, 5.41) is 20.3. The first-order valence-corrected chi connectivity index (χ1v) is 8.82. The number of benzene rings is 2. The summed E-state index contributed by atoms with van der Waals surface area (Å²) >= 11 is 6.29. The first-order chi connectivity index (χ1) is 12.7. The first kappa shape index (κ1) is 16.9. The van der Waals surface area contributed by atoms with Crippen LogP contribution >= 0.6 is 11.6 Å². The second-order valence-electron chi connectivity index (χ2n) is 6.04. The third-order valence-electron chi connectivity index (χ3n) is 4.37. The van der Waals surface area contributed by atoms with Gasteiger partial charge in [0.25, 0.3) is 0 Å². The van der Waals surface area contributed by atoms with Crippen molar-refractivity contribution >= 4 is 17.3 Å². The van der Waals surface area contributed by atoms with Crippen LogP contribution < -0.4 is 0 Å². The topological polar surface area (TPSA) is 66.5 Å². The molecule has 0 saturated heterocycles. The zero-order valence-corrected chi connectivity index (χ0v) is 15.1. The minimum Gasteiger partial charge on any atom is -0.314 e. The number of hydroxylamine groups is 2. The summed E-state index contributed by atoms with van der Waals surface area (Å²) in [5.41, 5.74) is 3.73. The van der Waals surface area contributed by atoms with Crippen LogP contribution in [0.1, 0.15) is 29.7 Å². The molecule has 0 spiro atoms. The van der Waals surface area contributed by atoms with E-state index in [1.807, 2.05) is 60.0 Å². The molecular weight excluding hydrogens is 350 g/mol. The lowest BCUT2D eigenvalue weighted by Crippen LogP contribution is -2.21. The average molecular weight is 368 g/mol. The molecule has 1 aliphatic rings. The smallest absolute Gasteiger partial charge is 0.159 e. The fraction of sp³-hybridized carbons (Fsp3) is 0.211. The summed E-state index contributed by atoms with van der Waals surface area (Å²) < 4.78 is 1.96. The molecule has 1 aromatic heterocycles. The Labute approximate surface area is 156 Å². The van der Waals surface area contributed by atoms with Gasteiger partial charge in [-0.05, 0) is 18.2 Å². The highest BCUT2D eigenvalue weighted by molar-refractivity contribution is 6.31. The van der Waals surface area contributed by atoms with Gasteiger partial charge in [-0.2, -0.15) is 5.06 Å². The van der Waals surface area contributed by atoms with Crippen LogP contribution in [0.2, 0.25) is 5.02 Å². The van der Waals surface area contributed by atoms with Crippen LogP contribution in [0, 0.1) is 0 Å². The Morgan fingerprint density at radius 3 is 2.73 bits per heavy atom. The van der Waals surface area contributed by atoms with Gasteiger partial charge in [0, 0.05) is 22.7 Å². The molecule has 4 rings (SSSR count). The molecule has 0 atom stereocenters. The third-order valence-corrected chi connectivity index (χ3v) is 4.60. The van der Waals surface area contributed by atoms with Crippen molar-refractivity contribution in [2.45, 2.75) is 20.0 Å². The van der Waals surface area contributed by atoms with Crippen molar-refractivity contribution in [2.24, 2.45) is 4.99 Å². The van der Waals surface area contributed by atoms with Crippen molar-refractivity contribution in [1.29, 1.82) is 0 Å². The Kier molecular flexibility index (Phi) is 4.55. The molecule has 0 amide bonds. The van der Waals surface area contributed by atoms with Crippen LogP contribution in [0.3, 0.4) is 0 Å². The Bertz CT molecular complexity index is 967. The minimum absolute atomic E-state index is 0.284. The predicted octanol–water partition coefficient (Wildman–Crippen LogP) is 3.48. The highest BCUT2D eigenvalue weighted by atomic mass is 35.5. The van der Waals surface area contributed by atoms with E-state index in [1.54, 1.807) is 0 Å². The Morgan fingerprint density at radius 1 is 1.15 bits per heavy atom. The fourth-order valence-electron chi connectivity index (χ4n) is 3.08. The number of nitrogens with zero attached hydrogens (tertiary/aromatic N) is 5. The molecule has 3 aromatic rings. The van der Waals surface area contributed by atoms with Crippen LogP contribution in [0.25, 0.3) is 5.69 Å². The third kappa shape index (κ3) is 3.03. The van der Waals surface area contributed by atoms with Crippen molar-refractivity contribution in [3.8, 4) is 5.69 Å². The van der Waals surface area contributed by atoms with Crippen molar-refractivity contribution in [2.75, 3.05) is 6.54 Å². The second kappa shape index (κ2) is 6.99. The van der Waals surface area contributed by atoms with Gasteiger partial charge in [-0.15, -0.1) is 10.2 Å². The molecule has 7 heteroatoms. The standard InChI is InChI=1S/C19H18ClN5O/c1-2-24(26)12-18-23-22-17-11-21-19(13-6-4-3-5-7-13)15-10-14(20)8-9-16(15)25(17)18/h3-10,26H,2,11-12H2,1H3. The SMILES string of the molecule is CCN(O)Cc1nnc2n1-c1ccc(Cl)cc1C(c1ccccc1)=NC2. The number of halogens is 1. The molecule has 0 saturated carbocycles. The highest BCUT2D eigenvalue weighted by Crippen LogP contribution is 2.28. The summed E-state index contributed by atoms with van der Waals surface area (Å²) in [7, 11) is 0. The average Bonchev–Trinajstić information content (AvgIpc) is 2.97. The number of fused-ring (bicyclic) bond motifs is 3. The molecule has 0 bridgehead atoms. The van der Waals surface area contributed by atoms with Crippen LogP contribution in [-0.4, -0.2) is 37.3 Å². The lowest BCUT2D eigenvalue weighted by atomic mass is 10.0. The maximum absolute atomic E-state index is 9.93. The highest BCUT2D eigenvalue weighted by Gasteiger charge is 2.23. The molecule has 2 aromatic carbocycles. The zero-order valence-electron chi connectivity index (χ0n) is 14.3. The van der Waals surface area contributed by atoms with Crippen LogP contribution in [0.15, 0.2) is 53.5 Å². The van der Waals surface area contributed by atoms with E-state index in [0.717, 1.165) is 28.4 Å². The van der Waals surface area contributed by atoms with Crippen molar-refractivity contribution in [3.05, 3.63) is 76.3 Å². The van der Waals surface area contributed by atoms with Gasteiger partial charge in [-0.1, -0.05) is 48.9 Å². The molecular formula is C19H18ClN5O. The summed E-state index contributed by atoms with van der Waals surface area (Å²) in [6, 6.07) is 15.7. The normalized spacial score (nSPS) is 13.2. The summed E-state index contributed by atoms with van der Waals surface area (Å²) in [5.74, 6) is 1.40. The first-order valence-electron chi connectivity index (χ1n) is 8.44. The molecule has 1 aliphatic heterocycles. The van der Waals surface area contributed by atoms with Gasteiger partial charge in [-0.25, -0.2) is 0 Å². The van der Waals surface area contributed by atoms with E-state index in [9.17, 15) is 5.21 Å². The number of aliphatic imine (C=N–C) groups is 1. The van der Waals surface area contributed by atoms with E-state index in [0.29, 0.717) is 23.9 Å². The maximum Gasteiger partial charge on any atom is 0.159 e. The molecule has 2 heterocycles. The quantitative estimate of drug-likeness (QED) is 0.717. The van der Waals surface area contributed by atoms with Crippen LogP contribution in [-0.2, 0) is 13.1 Å². The zero-order chi connectivity index (χ0) is 18.1. The lowest BCUT2D eigenvalue weighted by Gasteiger charge is -2.16. The van der Waals surface area contributed by atoms with Gasteiger partial charge in [0.05, 0.1) is 17.9 Å². The molecule has 26 heavy (non-hydrogen) atoms. The monoisotopic (exact) mass is 367 g/mol. The van der Waals surface area contributed by atoms with E-state index in [-0.39, 0.29) is 6.54 Å². The number of aromatic nitrogens is 3. The fourth-order valence-corrected chi connectivity index (χ4v) is 3.25. The Hall–Kier alpha value is -2.54. The van der Waals surface area contributed by atoms with Crippen molar-refractivity contribution < 1.29 is 5.21 Å². The predicted molar refractivity (Wildman–Crippen MR) is 100 cm³/mol. The summed E-state index contributed by atoms with van der Waals surface area (Å²) in [6.07, 6.45) is 0. The number of rotatable bonds is 4. The van der Waals surface area contributed by atoms with E-state index < -0.39 is 0 Å². The van der Waals surface area contributed by atoms with Crippen molar-refractivity contribution in [1.82, 2.24) is 19.8 Å². The van der Waals surface area contributed by atoms with Crippen LogP contribution in [0.5, 0.6) is 0 Å². The molecule has 132 valence electrons. The van der Waals surface area contributed by atoms with Gasteiger partial charge in [0.1, 0.15) is 6.54 Å². The molecule has 0 fully saturated rings. The molecule has 0 radical (unpaired) electrons. The molecule has 1 N–H and O–H groups in total. The van der Waals surface area contributed by atoms with Gasteiger partial charge < -0.3 is 5.21 Å². The van der Waals surface area contributed by atoms with E-state index in [1.165, 1.54) is 5.06 Å². The Balaban J connectivity index is 1.90.